The van der Waals surface area contributed by atoms with E-state index in [0.29, 0.717) is 6.54 Å². The first-order chi connectivity index (χ1) is 19.2. The van der Waals surface area contributed by atoms with Gasteiger partial charge in [-0.05, 0) is 80.7 Å². The molecule has 0 spiro atoms. The first kappa shape index (κ1) is 25.8. The number of pyridine rings is 2. The molecule has 10 heteroatoms. The van der Waals surface area contributed by atoms with E-state index in [9.17, 15) is 5.11 Å². The minimum absolute atomic E-state index is 0.420. The number of aryl methyl sites for hydroxylation is 2. The molecule has 0 amide bonds. The maximum atomic E-state index is 10.3. The Morgan fingerprint density at radius 3 is 2.48 bits per heavy atom. The number of benzene rings is 2. The van der Waals surface area contributed by atoms with Crippen LogP contribution in [0.25, 0.3) is 32.9 Å². The van der Waals surface area contributed by atoms with Crippen LogP contribution < -0.4 is 10.0 Å². The molecule has 0 bridgehead atoms. The summed E-state index contributed by atoms with van der Waals surface area (Å²) >= 11 is 1.52. The normalized spacial score (nSPS) is 11.8. The Morgan fingerprint density at radius 1 is 0.925 bits per heavy atom. The molecule has 0 saturated carbocycles. The van der Waals surface area contributed by atoms with Gasteiger partial charge in [-0.25, -0.2) is 4.98 Å². The number of nitrogens with one attached hydrogen (secondary N) is 2. The first-order valence-electron chi connectivity index (χ1n) is 12.9. The van der Waals surface area contributed by atoms with Crippen molar-refractivity contribution in [3.8, 4) is 11.3 Å². The van der Waals surface area contributed by atoms with Crippen molar-refractivity contribution in [3.63, 3.8) is 0 Å². The summed E-state index contributed by atoms with van der Waals surface area (Å²) in [6, 6.07) is 16.3. The Labute approximate surface area is 236 Å². The van der Waals surface area contributed by atoms with E-state index in [2.05, 4.69) is 44.3 Å². The Kier molecular flexibility index (Phi) is 6.65. The summed E-state index contributed by atoms with van der Waals surface area (Å²) in [6.07, 6.45) is 9.36. The fourth-order valence-electron chi connectivity index (χ4n) is 4.73. The molecular weight excluding hydrogens is 520 g/mol. The summed E-state index contributed by atoms with van der Waals surface area (Å²) in [5.74, 6) is 0.740. The zero-order valence-electron chi connectivity index (χ0n) is 22.8. The van der Waals surface area contributed by atoms with Crippen LogP contribution in [0.4, 0.5) is 17.2 Å². The zero-order valence-corrected chi connectivity index (χ0v) is 23.6. The average Bonchev–Trinajstić information content (AvgIpc) is 3.53. The molecule has 2 aromatic carbocycles. The number of nitrogens with zero attached hydrogens (tertiary/aromatic N) is 6. The van der Waals surface area contributed by atoms with Gasteiger partial charge in [0.15, 0.2) is 0 Å². The van der Waals surface area contributed by atoms with Crippen molar-refractivity contribution < 1.29 is 5.11 Å². The van der Waals surface area contributed by atoms with E-state index < -0.39 is 5.60 Å². The minimum atomic E-state index is -0.852. The van der Waals surface area contributed by atoms with Crippen molar-refractivity contribution in [3.05, 3.63) is 85.1 Å². The lowest BCUT2D eigenvalue weighted by atomic mass is 9.98. The summed E-state index contributed by atoms with van der Waals surface area (Å²) in [4.78, 5) is 10.5. The van der Waals surface area contributed by atoms with Crippen LogP contribution >= 0.6 is 11.9 Å². The molecule has 0 aliphatic rings. The number of aromatic nitrogens is 6. The average molecular weight is 551 g/mol. The molecule has 40 heavy (non-hydrogen) atoms. The molecule has 6 aromatic rings. The van der Waals surface area contributed by atoms with Crippen LogP contribution in [-0.4, -0.2) is 40.2 Å². The van der Waals surface area contributed by atoms with E-state index in [-0.39, 0.29) is 0 Å². The minimum Gasteiger partial charge on any atom is -0.389 e. The molecule has 0 atom stereocenters. The highest BCUT2D eigenvalue weighted by molar-refractivity contribution is 8.00. The van der Waals surface area contributed by atoms with Crippen LogP contribution in [0.3, 0.4) is 0 Å². The summed E-state index contributed by atoms with van der Waals surface area (Å²) in [5, 5.41) is 25.5. The van der Waals surface area contributed by atoms with Gasteiger partial charge in [0.25, 0.3) is 0 Å². The Balaban J connectivity index is 1.26. The van der Waals surface area contributed by atoms with Gasteiger partial charge in [0.05, 0.1) is 40.6 Å². The molecule has 3 N–H and O–H groups in total. The van der Waals surface area contributed by atoms with Crippen molar-refractivity contribution in [2.45, 2.75) is 37.8 Å². The van der Waals surface area contributed by atoms with Gasteiger partial charge in [0.2, 0.25) is 0 Å². The molecule has 0 saturated heterocycles. The third-order valence-corrected chi connectivity index (χ3v) is 7.45. The fraction of sp³-hybridized carbons (Fsp3) is 0.200. The predicted octanol–water partition coefficient (Wildman–Crippen LogP) is 6.32. The van der Waals surface area contributed by atoms with E-state index in [1.54, 1.807) is 18.5 Å². The molecule has 0 fully saturated rings. The molecule has 0 radical (unpaired) electrons. The zero-order chi connectivity index (χ0) is 27.9. The van der Waals surface area contributed by atoms with Gasteiger partial charge in [0.1, 0.15) is 5.82 Å². The van der Waals surface area contributed by atoms with Crippen LogP contribution in [0, 0.1) is 6.92 Å². The smallest absolute Gasteiger partial charge is 0.130 e. The van der Waals surface area contributed by atoms with Crippen molar-refractivity contribution in [2.24, 2.45) is 7.05 Å². The summed E-state index contributed by atoms with van der Waals surface area (Å²) < 4.78 is 6.97. The molecule has 0 aliphatic heterocycles. The molecule has 0 aliphatic carbocycles. The Bertz CT molecular complexity index is 1820. The second kappa shape index (κ2) is 10.3. The SMILES string of the molecule is Cc1c(-c2nccc3cnc(Nc4ccc(NSc5cnn(C)c5)cc4)cc23)ccc2c1cnn2CC(C)(C)O. The summed E-state index contributed by atoms with van der Waals surface area (Å²) in [7, 11) is 1.90. The third kappa shape index (κ3) is 5.36. The maximum Gasteiger partial charge on any atom is 0.130 e. The van der Waals surface area contributed by atoms with Gasteiger partial charge in [-0.15, -0.1) is 0 Å². The number of hydrogen-bond donors (Lipinski definition) is 3. The van der Waals surface area contributed by atoms with Crippen molar-refractivity contribution >= 4 is 50.8 Å². The number of hydrogen-bond acceptors (Lipinski definition) is 8. The van der Waals surface area contributed by atoms with Gasteiger partial charge in [-0.1, -0.05) is 6.07 Å². The number of anilines is 3. The van der Waals surface area contributed by atoms with Gasteiger partial charge >= 0.3 is 0 Å². The summed E-state index contributed by atoms with van der Waals surface area (Å²) in [6.45, 7) is 6.09. The second-order valence-corrected chi connectivity index (χ2v) is 11.4. The van der Waals surface area contributed by atoms with Crippen molar-refractivity contribution in [1.29, 1.82) is 0 Å². The number of rotatable bonds is 8. The van der Waals surface area contributed by atoms with Gasteiger partial charge in [-0.3, -0.25) is 14.3 Å². The third-order valence-electron chi connectivity index (χ3n) is 6.66. The van der Waals surface area contributed by atoms with Crippen molar-refractivity contribution in [1.82, 2.24) is 29.5 Å². The maximum absolute atomic E-state index is 10.3. The van der Waals surface area contributed by atoms with E-state index in [4.69, 9.17) is 4.98 Å². The van der Waals surface area contributed by atoms with E-state index in [0.717, 1.165) is 60.6 Å². The lowest BCUT2D eigenvalue weighted by Gasteiger charge is -2.18. The fourth-order valence-corrected chi connectivity index (χ4v) is 5.41. The Hall–Kier alpha value is -4.41. The van der Waals surface area contributed by atoms with Gasteiger partial charge < -0.3 is 15.1 Å². The predicted molar refractivity (Wildman–Crippen MR) is 162 cm³/mol. The van der Waals surface area contributed by atoms with E-state index in [1.807, 2.05) is 79.1 Å². The molecule has 202 valence electrons. The van der Waals surface area contributed by atoms with E-state index in [1.165, 1.54) is 11.9 Å². The highest BCUT2D eigenvalue weighted by Gasteiger charge is 2.18. The molecule has 4 aromatic heterocycles. The van der Waals surface area contributed by atoms with Crippen LogP contribution in [0.2, 0.25) is 0 Å². The van der Waals surface area contributed by atoms with Crippen LogP contribution in [-0.2, 0) is 13.6 Å². The molecule has 4 heterocycles. The highest BCUT2D eigenvalue weighted by atomic mass is 32.2. The lowest BCUT2D eigenvalue weighted by molar-refractivity contribution is 0.0591. The van der Waals surface area contributed by atoms with Crippen LogP contribution in [0.5, 0.6) is 0 Å². The molecule has 9 nitrogen and oxygen atoms in total. The van der Waals surface area contributed by atoms with Crippen LogP contribution in [0.15, 0.2) is 84.4 Å². The van der Waals surface area contributed by atoms with Gasteiger partial charge in [-0.2, -0.15) is 10.2 Å². The monoisotopic (exact) mass is 550 g/mol. The quantitative estimate of drug-likeness (QED) is 0.189. The lowest BCUT2D eigenvalue weighted by Crippen LogP contribution is -2.26. The molecule has 6 rings (SSSR count). The van der Waals surface area contributed by atoms with E-state index >= 15 is 0 Å². The number of aliphatic hydroxyl groups is 1. The van der Waals surface area contributed by atoms with Crippen molar-refractivity contribution in [2.75, 3.05) is 10.0 Å². The second-order valence-electron chi connectivity index (χ2n) is 10.5. The first-order valence-corrected chi connectivity index (χ1v) is 13.8. The summed E-state index contributed by atoms with van der Waals surface area (Å²) in [5.41, 5.74) is 5.10. The standard InChI is InChI=1S/C30H30N8OS/c1-19-24(9-10-27-26(19)16-34-38(27)18-30(2,3)39)29-25-13-28(32-14-20(25)11-12-31-29)35-21-5-7-22(8-6-21)36-40-23-15-33-37(4)17-23/h5-17,36,39H,18H2,1-4H3,(H,32,35). The van der Waals surface area contributed by atoms with Crippen LogP contribution in [0.1, 0.15) is 19.4 Å². The largest absolute Gasteiger partial charge is 0.389 e. The Morgan fingerprint density at radius 2 is 1.73 bits per heavy atom. The number of fused-ring (bicyclic) bond motifs is 2. The molecule has 0 unspecified atom stereocenters. The van der Waals surface area contributed by atoms with Gasteiger partial charge in [0, 0.05) is 58.7 Å². The highest BCUT2D eigenvalue weighted by Crippen LogP contribution is 2.34. The topological polar surface area (TPSA) is 106 Å². The molecular formula is C30H30N8OS.